The maximum absolute atomic E-state index is 7.62. The fraction of sp³-hybridized carbons (Fsp3) is 0.250. The minimum absolute atomic E-state index is 0. The molecule has 3 heterocycles. The molecule has 271 valence electrons. The molecule has 4 aromatic carbocycles. The zero-order valence-corrected chi connectivity index (χ0v) is 32.9. The van der Waals surface area contributed by atoms with Crippen LogP contribution in [0.4, 0.5) is 0 Å². The molecule has 1 radical (unpaired) electrons. The Morgan fingerprint density at radius 3 is 2.02 bits per heavy atom. The van der Waals surface area contributed by atoms with Crippen molar-refractivity contribution in [2.75, 3.05) is 0 Å². The monoisotopic (exact) mass is 885 g/mol. The number of aromatic nitrogens is 4. The van der Waals surface area contributed by atoms with Gasteiger partial charge in [0, 0.05) is 59.4 Å². The summed E-state index contributed by atoms with van der Waals surface area (Å²) >= 11 is 0. The van der Waals surface area contributed by atoms with Gasteiger partial charge in [-0.05, 0) is 58.5 Å². The summed E-state index contributed by atoms with van der Waals surface area (Å²) in [5.41, 5.74) is 6.15. The van der Waals surface area contributed by atoms with Gasteiger partial charge in [0.2, 0.25) is 0 Å². The van der Waals surface area contributed by atoms with Crippen LogP contribution in [0.25, 0.3) is 55.5 Å². The maximum Gasteiger partial charge on any atom is 0.0748 e. The minimum atomic E-state index is -2.84. The van der Waals surface area contributed by atoms with E-state index in [2.05, 4.69) is 149 Å². The molecule has 0 N–H and O–H groups in total. The SMILES string of the molecule is CC(C)(C)c1nnc(-c2[c-]c3ccccc3c(C(C)(C)C)c2)cc1-c1ccc(-c2ccccc2)cc1.[2H]C([2H])([2H])c1c[c-]c(-c2cc(C([2H])([2H])[2H])c(C([2H])([2H])[2H])cn2)c(C([2H])([2H])[2H])n1.[Ir]. The number of hydrogen-bond donors (Lipinski definition) is 0. The van der Waals surface area contributed by atoms with Crippen molar-refractivity contribution in [2.45, 2.75) is 79.8 Å². The summed E-state index contributed by atoms with van der Waals surface area (Å²) in [6.07, 6.45) is 0.846. The van der Waals surface area contributed by atoms with Gasteiger partial charge in [-0.3, -0.25) is 0 Å². The van der Waals surface area contributed by atoms with Gasteiger partial charge in [0.25, 0.3) is 0 Å². The van der Waals surface area contributed by atoms with Gasteiger partial charge in [-0.25, -0.2) is 0 Å². The van der Waals surface area contributed by atoms with E-state index >= 15 is 0 Å². The standard InChI is InChI=1S/C34H33N2.C14H15N2.Ir/c1-33(2,3)30-21-27(20-26-14-10-11-15-28(26)30)31-22-29(32(36-35-31)34(4,5)6)25-18-16-24(17-19-25)23-12-8-7-9-13-23;1-9-7-14(15-8-10(9)2)13-6-5-11(3)16-12(13)4;/h7-19,21-22H,1-6H3;5,7-8H,1-4H3;/q2*-1;/i;1D3,2D3,3D3,4D3;. The van der Waals surface area contributed by atoms with Gasteiger partial charge in [-0.15, -0.1) is 46.8 Å². The molecule has 5 heteroatoms. The summed E-state index contributed by atoms with van der Waals surface area (Å²) in [7, 11) is 0. The molecule has 3 aromatic heterocycles. The summed E-state index contributed by atoms with van der Waals surface area (Å²) in [6.45, 7) is 2.30. The first kappa shape index (κ1) is 26.0. The third-order valence-corrected chi connectivity index (χ3v) is 8.65. The topological polar surface area (TPSA) is 51.6 Å². The molecule has 0 saturated carbocycles. The maximum atomic E-state index is 7.62. The van der Waals surface area contributed by atoms with Gasteiger partial charge < -0.3 is 9.97 Å². The van der Waals surface area contributed by atoms with Crippen molar-refractivity contribution in [3.63, 3.8) is 0 Å². The Labute approximate surface area is 346 Å². The zero-order chi connectivity index (χ0) is 47.2. The molecule has 0 unspecified atom stereocenters. The molecule has 0 aliphatic heterocycles. The zero-order valence-electron chi connectivity index (χ0n) is 42.5. The predicted octanol–water partition coefficient (Wildman–Crippen LogP) is 12.2. The summed E-state index contributed by atoms with van der Waals surface area (Å²) in [6, 6.07) is 40.2. The summed E-state index contributed by atoms with van der Waals surface area (Å²) in [4.78, 5) is 7.59. The van der Waals surface area contributed by atoms with Crippen LogP contribution in [0.1, 0.15) is 91.8 Å². The fourth-order valence-corrected chi connectivity index (χ4v) is 5.96. The average Bonchev–Trinajstić information content (AvgIpc) is 3.21. The predicted molar refractivity (Wildman–Crippen MR) is 217 cm³/mol. The van der Waals surface area contributed by atoms with Crippen molar-refractivity contribution in [2.24, 2.45) is 0 Å². The number of pyridine rings is 2. The van der Waals surface area contributed by atoms with E-state index in [-0.39, 0.29) is 42.2 Å². The van der Waals surface area contributed by atoms with E-state index in [1.165, 1.54) is 22.1 Å². The summed E-state index contributed by atoms with van der Waals surface area (Å²) in [5, 5.41) is 11.8. The Kier molecular flexibility index (Phi) is 7.88. The Morgan fingerprint density at radius 2 is 1.34 bits per heavy atom. The van der Waals surface area contributed by atoms with Crippen molar-refractivity contribution in [1.29, 1.82) is 0 Å². The van der Waals surface area contributed by atoms with Crippen LogP contribution in [0.5, 0.6) is 0 Å². The Bertz CT molecular complexity index is 2780. The molecule has 0 atom stereocenters. The first-order valence-electron chi connectivity index (χ1n) is 23.0. The van der Waals surface area contributed by atoms with Crippen LogP contribution in [-0.2, 0) is 30.9 Å². The Morgan fingerprint density at radius 1 is 0.642 bits per heavy atom. The smallest absolute Gasteiger partial charge is 0.0748 e. The average molecular weight is 885 g/mol. The van der Waals surface area contributed by atoms with Crippen molar-refractivity contribution in [1.82, 2.24) is 20.2 Å². The van der Waals surface area contributed by atoms with E-state index in [4.69, 9.17) is 26.6 Å². The minimum Gasteiger partial charge on any atom is -0.354 e. The summed E-state index contributed by atoms with van der Waals surface area (Å²) < 4.78 is 90.2. The van der Waals surface area contributed by atoms with Crippen LogP contribution < -0.4 is 0 Å². The van der Waals surface area contributed by atoms with Crippen LogP contribution >= 0.6 is 0 Å². The van der Waals surface area contributed by atoms with Gasteiger partial charge in [0.05, 0.1) is 5.69 Å². The molecule has 0 saturated heterocycles. The van der Waals surface area contributed by atoms with Crippen LogP contribution in [0.15, 0.2) is 109 Å². The summed E-state index contributed by atoms with van der Waals surface area (Å²) in [5.74, 6) is 0. The molecule has 0 aliphatic rings. The van der Waals surface area contributed by atoms with E-state index < -0.39 is 49.9 Å². The van der Waals surface area contributed by atoms with Crippen LogP contribution in [-0.4, -0.2) is 20.2 Å². The van der Waals surface area contributed by atoms with E-state index in [1.807, 2.05) is 6.07 Å². The van der Waals surface area contributed by atoms with E-state index in [0.717, 1.165) is 51.8 Å². The van der Waals surface area contributed by atoms with E-state index in [1.54, 1.807) is 0 Å². The third kappa shape index (κ3) is 9.04. The second-order valence-electron chi connectivity index (χ2n) is 14.7. The Hall–Kier alpha value is -4.83. The van der Waals surface area contributed by atoms with Gasteiger partial charge in [0.15, 0.2) is 0 Å². The van der Waals surface area contributed by atoms with Crippen molar-refractivity contribution < 1.29 is 36.6 Å². The molecule has 7 aromatic rings. The molecular weight excluding hydrogens is 825 g/mol. The van der Waals surface area contributed by atoms with Crippen LogP contribution in [0.3, 0.4) is 0 Å². The quantitative estimate of drug-likeness (QED) is 0.165. The molecule has 53 heavy (non-hydrogen) atoms. The third-order valence-electron chi connectivity index (χ3n) is 8.65. The number of fused-ring (bicyclic) bond motifs is 1. The van der Waals surface area contributed by atoms with E-state index in [0.29, 0.717) is 0 Å². The molecule has 4 nitrogen and oxygen atoms in total. The van der Waals surface area contributed by atoms with Gasteiger partial charge >= 0.3 is 0 Å². The normalized spacial score (nSPS) is 15.7. The fourth-order valence-electron chi connectivity index (χ4n) is 5.96. The van der Waals surface area contributed by atoms with Gasteiger partial charge in [0.1, 0.15) is 0 Å². The molecule has 0 amide bonds. The second-order valence-corrected chi connectivity index (χ2v) is 14.7. The number of aryl methyl sites for hydroxylation is 4. The molecule has 0 aliphatic carbocycles. The first-order valence-corrected chi connectivity index (χ1v) is 17.0. The van der Waals surface area contributed by atoms with Crippen molar-refractivity contribution >= 4 is 10.8 Å². The van der Waals surface area contributed by atoms with E-state index in [9.17, 15) is 0 Å². The molecular formula is C48H48IrN4-2. The van der Waals surface area contributed by atoms with Crippen LogP contribution in [0, 0.1) is 39.5 Å². The number of benzene rings is 4. The number of rotatable bonds is 4. The van der Waals surface area contributed by atoms with Gasteiger partial charge in [-0.1, -0.05) is 157 Å². The molecule has 7 rings (SSSR count). The van der Waals surface area contributed by atoms with Gasteiger partial charge in [-0.2, -0.15) is 10.2 Å². The number of hydrogen-bond acceptors (Lipinski definition) is 4. The second kappa shape index (κ2) is 16.0. The van der Waals surface area contributed by atoms with Crippen LogP contribution in [0.2, 0.25) is 0 Å². The number of nitrogens with zero attached hydrogens (tertiary/aromatic N) is 4. The van der Waals surface area contributed by atoms with Crippen molar-refractivity contribution in [3.8, 4) is 44.8 Å². The molecule has 0 fully saturated rings. The Balaban J connectivity index is 0.000000249. The largest absolute Gasteiger partial charge is 0.354 e. The van der Waals surface area contributed by atoms with Crippen molar-refractivity contribution in [3.05, 3.63) is 155 Å². The molecule has 0 bridgehead atoms. The first-order chi connectivity index (χ1) is 29.5. The molecule has 0 spiro atoms.